The highest BCUT2D eigenvalue weighted by Crippen LogP contribution is 2.17. The quantitative estimate of drug-likeness (QED) is 0.701. The first kappa shape index (κ1) is 17.4. The van der Waals surface area contributed by atoms with Gasteiger partial charge in [-0.3, -0.25) is 9.59 Å². The third-order valence-electron chi connectivity index (χ3n) is 4.07. The molecule has 0 aliphatic rings. The van der Waals surface area contributed by atoms with Gasteiger partial charge in [0, 0.05) is 22.5 Å². The Morgan fingerprint density at radius 1 is 0.731 bits per heavy atom. The Morgan fingerprint density at radius 3 is 2.04 bits per heavy atom. The third-order valence-corrected chi connectivity index (χ3v) is 4.07. The molecule has 2 amide bonds. The van der Waals surface area contributed by atoms with Crippen molar-refractivity contribution in [3.05, 3.63) is 95.6 Å². The lowest BCUT2D eigenvalue weighted by atomic mass is 10.1. The summed E-state index contributed by atoms with van der Waals surface area (Å²) in [4.78, 5) is 25.0. The van der Waals surface area contributed by atoms with Gasteiger partial charge in [-0.25, -0.2) is 0 Å². The molecule has 26 heavy (non-hydrogen) atoms. The van der Waals surface area contributed by atoms with E-state index in [2.05, 4.69) is 10.6 Å². The fraction of sp³-hybridized carbons (Fsp3) is 0.0909. The van der Waals surface area contributed by atoms with Crippen LogP contribution in [0.1, 0.15) is 33.2 Å². The summed E-state index contributed by atoms with van der Waals surface area (Å²) in [5.74, 6) is -0.486. The molecule has 130 valence electrons. The minimum Gasteiger partial charge on any atom is -0.322 e. The molecule has 0 aliphatic carbocycles. The number of hydrogen-bond acceptors (Lipinski definition) is 2. The summed E-state index contributed by atoms with van der Waals surface area (Å²) >= 11 is 0. The number of aryl methyl sites for hydroxylation is 1. The Balaban J connectivity index is 1.76. The van der Waals surface area contributed by atoms with Crippen molar-refractivity contribution in [1.82, 2.24) is 0 Å². The van der Waals surface area contributed by atoms with E-state index in [-0.39, 0.29) is 11.8 Å². The van der Waals surface area contributed by atoms with Crippen LogP contribution >= 0.6 is 0 Å². The molecule has 0 saturated carbocycles. The van der Waals surface area contributed by atoms with Crippen LogP contribution in [0.15, 0.2) is 78.9 Å². The predicted molar refractivity (Wildman–Crippen MR) is 105 cm³/mol. The molecule has 3 aromatic carbocycles. The van der Waals surface area contributed by atoms with Crippen molar-refractivity contribution >= 4 is 23.2 Å². The number of amides is 2. The number of hydrogen-bond donors (Lipinski definition) is 2. The zero-order valence-electron chi connectivity index (χ0n) is 14.5. The number of carbonyl (C=O) groups excluding carboxylic acids is 2. The fourth-order valence-electron chi connectivity index (χ4n) is 2.67. The van der Waals surface area contributed by atoms with E-state index in [1.807, 2.05) is 61.5 Å². The monoisotopic (exact) mass is 344 g/mol. The normalized spacial score (nSPS) is 10.2. The van der Waals surface area contributed by atoms with Crippen LogP contribution in [0.4, 0.5) is 11.4 Å². The molecule has 0 aromatic heterocycles. The largest absolute Gasteiger partial charge is 0.322 e. The molecule has 0 aliphatic heterocycles. The molecule has 0 spiro atoms. The molecule has 0 atom stereocenters. The maximum Gasteiger partial charge on any atom is 0.255 e. The van der Waals surface area contributed by atoms with E-state index in [0.29, 0.717) is 16.8 Å². The summed E-state index contributed by atoms with van der Waals surface area (Å²) in [5, 5.41) is 5.74. The molecule has 0 unspecified atom stereocenters. The molecule has 3 aromatic rings. The molecule has 4 heteroatoms. The second-order valence-electron chi connectivity index (χ2n) is 5.87. The lowest BCUT2D eigenvalue weighted by Gasteiger charge is -2.10. The van der Waals surface area contributed by atoms with E-state index >= 15 is 0 Å². The molecule has 0 fully saturated rings. The van der Waals surface area contributed by atoms with E-state index in [1.54, 1.807) is 24.3 Å². The molecule has 4 nitrogen and oxygen atoms in total. The van der Waals surface area contributed by atoms with Crippen molar-refractivity contribution < 1.29 is 9.59 Å². The predicted octanol–water partition coefficient (Wildman–Crippen LogP) is 4.75. The second kappa shape index (κ2) is 8.12. The number of rotatable bonds is 5. The summed E-state index contributed by atoms with van der Waals surface area (Å²) in [5.41, 5.74) is 3.45. The van der Waals surface area contributed by atoms with Crippen LogP contribution in [0, 0.1) is 0 Å². The minimum atomic E-state index is -0.250. The average Bonchev–Trinajstić information content (AvgIpc) is 2.69. The average molecular weight is 344 g/mol. The Morgan fingerprint density at radius 2 is 1.35 bits per heavy atom. The van der Waals surface area contributed by atoms with Crippen LogP contribution in [0.5, 0.6) is 0 Å². The van der Waals surface area contributed by atoms with E-state index in [1.165, 1.54) is 0 Å². The van der Waals surface area contributed by atoms with Gasteiger partial charge in [-0.15, -0.1) is 0 Å². The number of anilines is 2. The van der Waals surface area contributed by atoms with Gasteiger partial charge in [0.25, 0.3) is 11.8 Å². The van der Waals surface area contributed by atoms with Crippen LogP contribution in [0.3, 0.4) is 0 Å². The smallest absolute Gasteiger partial charge is 0.255 e. The van der Waals surface area contributed by atoms with Gasteiger partial charge in [0.05, 0.1) is 0 Å². The SMILES string of the molecule is CCc1ccccc1NC(=O)c1cccc(C(=O)Nc2ccccc2)c1. The lowest BCUT2D eigenvalue weighted by Crippen LogP contribution is -2.16. The Hall–Kier alpha value is -3.40. The first-order valence-corrected chi connectivity index (χ1v) is 8.53. The van der Waals surface area contributed by atoms with Crippen molar-refractivity contribution in [3.63, 3.8) is 0 Å². The Labute approximate surface area is 152 Å². The summed E-state index contributed by atoms with van der Waals surface area (Å²) in [6, 6.07) is 23.6. The number of benzene rings is 3. The van der Waals surface area contributed by atoms with Crippen molar-refractivity contribution in [2.45, 2.75) is 13.3 Å². The Kier molecular flexibility index (Phi) is 5.44. The summed E-state index contributed by atoms with van der Waals surface area (Å²) < 4.78 is 0. The zero-order valence-corrected chi connectivity index (χ0v) is 14.5. The van der Waals surface area contributed by atoms with Gasteiger partial charge in [0.2, 0.25) is 0 Å². The molecular formula is C22H20N2O2. The summed E-state index contributed by atoms with van der Waals surface area (Å²) in [7, 11) is 0. The van der Waals surface area contributed by atoms with Gasteiger partial charge in [-0.05, 0) is 48.4 Å². The van der Waals surface area contributed by atoms with Gasteiger partial charge < -0.3 is 10.6 Å². The summed E-state index contributed by atoms with van der Waals surface area (Å²) in [6.45, 7) is 2.04. The summed E-state index contributed by atoms with van der Waals surface area (Å²) in [6.07, 6.45) is 0.829. The molecule has 2 N–H and O–H groups in total. The molecule has 0 heterocycles. The van der Waals surface area contributed by atoms with Gasteiger partial charge >= 0.3 is 0 Å². The van der Waals surface area contributed by atoms with Crippen LogP contribution in [-0.2, 0) is 6.42 Å². The van der Waals surface area contributed by atoms with Gasteiger partial charge in [-0.2, -0.15) is 0 Å². The van der Waals surface area contributed by atoms with E-state index in [4.69, 9.17) is 0 Å². The highest BCUT2D eigenvalue weighted by atomic mass is 16.2. The Bertz CT molecular complexity index is 920. The first-order chi connectivity index (χ1) is 12.7. The fourth-order valence-corrected chi connectivity index (χ4v) is 2.67. The van der Waals surface area contributed by atoms with Crippen LogP contribution < -0.4 is 10.6 Å². The standard InChI is InChI=1S/C22H20N2O2/c1-2-16-9-6-7-14-20(16)24-22(26)18-11-8-10-17(15-18)21(25)23-19-12-4-3-5-13-19/h3-15H,2H2,1H3,(H,23,25)(H,24,26). The van der Waals surface area contributed by atoms with E-state index in [0.717, 1.165) is 17.7 Å². The van der Waals surface area contributed by atoms with E-state index in [9.17, 15) is 9.59 Å². The molecule has 0 saturated heterocycles. The van der Waals surface area contributed by atoms with Crippen LogP contribution in [0.2, 0.25) is 0 Å². The van der Waals surface area contributed by atoms with Crippen molar-refractivity contribution in [2.24, 2.45) is 0 Å². The van der Waals surface area contributed by atoms with Crippen molar-refractivity contribution in [3.8, 4) is 0 Å². The lowest BCUT2D eigenvalue weighted by molar-refractivity contribution is 0.102. The highest BCUT2D eigenvalue weighted by molar-refractivity contribution is 6.08. The van der Waals surface area contributed by atoms with Gasteiger partial charge in [-0.1, -0.05) is 49.4 Å². The van der Waals surface area contributed by atoms with Crippen molar-refractivity contribution in [2.75, 3.05) is 10.6 Å². The van der Waals surface area contributed by atoms with Crippen LogP contribution in [0.25, 0.3) is 0 Å². The molecular weight excluding hydrogens is 324 g/mol. The second-order valence-corrected chi connectivity index (χ2v) is 5.87. The zero-order chi connectivity index (χ0) is 18.4. The van der Waals surface area contributed by atoms with Gasteiger partial charge in [0.1, 0.15) is 0 Å². The van der Waals surface area contributed by atoms with E-state index < -0.39 is 0 Å². The van der Waals surface area contributed by atoms with Crippen LogP contribution in [-0.4, -0.2) is 11.8 Å². The molecule has 0 radical (unpaired) electrons. The number of para-hydroxylation sites is 2. The number of carbonyl (C=O) groups is 2. The molecule has 0 bridgehead atoms. The molecule has 3 rings (SSSR count). The minimum absolute atomic E-state index is 0.236. The third kappa shape index (κ3) is 4.16. The highest BCUT2D eigenvalue weighted by Gasteiger charge is 2.12. The van der Waals surface area contributed by atoms with Gasteiger partial charge in [0.15, 0.2) is 0 Å². The maximum absolute atomic E-state index is 12.6. The number of nitrogens with one attached hydrogen (secondary N) is 2. The maximum atomic E-state index is 12.6. The first-order valence-electron chi connectivity index (χ1n) is 8.53. The topological polar surface area (TPSA) is 58.2 Å². The van der Waals surface area contributed by atoms with Crippen molar-refractivity contribution in [1.29, 1.82) is 0 Å².